The highest BCUT2D eigenvalue weighted by atomic mass is 35.5. The zero-order valence-electron chi connectivity index (χ0n) is 13.6. The molecule has 1 aliphatic carbocycles. The van der Waals surface area contributed by atoms with Crippen molar-refractivity contribution in [2.75, 3.05) is 12.4 Å². The second kappa shape index (κ2) is 7.95. The Morgan fingerprint density at radius 1 is 1.45 bits per heavy atom. The Morgan fingerprint density at radius 2 is 2.18 bits per heavy atom. The zero-order chi connectivity index (χ0) is 15.5. The number of methoxy groups -OCH3 is 1. The van der Waals surface area contributed by atoms with Gasteiger partial charge in [0.2, 0.25) is 5.91 Å². The van der Waals surface area contributed by atoms with Crippen LogP contribution < -0.4 is 11.1 Å². The molecule has 5 heteroatoms. The Bertz CT molecular complexity index is 505. The number of ether oxygens (including phenoxy) is 1. The van der Waals surface area contributed by atoms with E-state index in [1.54, 1.807) is 7.11 Å². The van der Waals surface area contributed by atoms with Crippen LogP contribution in [-0.4, -0.2) is 18.6 Å². The van der Waals surface area contributed by atoms with E-state index in [4.69, 9.17) is 10.5 Å². The lowest BCUT2D eigenvalue weighted by Gasteiger charge is -2.37. The van der Waals surface area contributed by atoms with E-state index in [9.17, 15) is 4.79 Å². The standard InChI is InChI=1S/C17H26N2O2.ClH/c1-12(21-3)13-7-6-8-14(11-13)19-16(20)15-9-4-5-10-17(15,2)18;/h6-8,11-12,15H,4-5,9-10,18H2,1-3H3,(H,19,20);1H. The highest BCUT2D eigenvalue weighted by molar-refractivity contribution is 5.93. The smallest absolute Gasteiger partial charge is 0.229 e. The van der Waals surface area contributed by atoms with Gasteiger partial charge in [-0.05, 0) is 44.4 Å². The summed E-state index contributed by atoms with van der Waals surface area (Å²) in [6.07, 6.45) is 3.97. The highest BCUT2D eigenvalue weighted by Crippen LogP contribution is 2.32. The fourth-order valence-electron chi connectivity index (χ4n) is 3.02. The SMILES string of the molecule is COC(C)c1cccc(NC(=O)C2CCCCC2(C)N)c1.Cl. The van der Waals surface area contributed by atoms with Crippen LogP contribution in [-0.2, 0) is 9.53 Å². The molecule has 1 saturated carbocycles. The van der Waals surface area contributed by atoms with Crippen molar-refractivity contribution < 1.29 is 9.53 Å². The van der Waals surface area contributed by atoms with Crippen LogP contribution in [0.2, 0.25) is 0 Å². The van der Waals surface area contributed by atoms with Crippen LogP contribution >= 0.6 is 12.4 Å². The van der Waals surface area contributed by atoms with Crippen LogP contribution in [0.4, 0.5) is 5.69 Å². The van der Waals surface area contributed by atoms with Gasteiger partial charge in [-0.2, -0.15) is 0 Å². The van der Waals surface area contributed by atoms with E-state index in [1.807, 2.05) is 38.1 Å². The molecular formula is C17H27ClN2O2. The number of carbonyl (C=O) groups excluding carboxylic acids is 1. The van der Waals surface area contributed by atoms with Crippen molar-refractivity contribution in [3.8, 4) is 0 Å². The maximum atomic E-state index is 12.5. The lowest BCUT2D eigenvalue weighted by atomic mass is 9.74. The lowest BCUT2D eigenvalue weighted by molar-refractivity contribution is -0.122. The largest absolute Gasteiger partial charge is 0.377 e. The maximum absolute atomic E-state index is 12.5. The molecule has 4 nitrogen and oxygen atoms in total. The molecule has 22 heavy (non-hydrogen) atoms. The van der Waals surface area contributed by atoms with Crippen LogP contribution in [0.15, 0.2) is 24.3 Å². The van der Waals surface area contributed by atoms with Gasteiger partial charge in [0.25, 0.3) is 0 Å². The molecule has 0 bridgehead atoms. The Balaban J connectivity index is 0.00000242. The molecular weight excluding hydrogens is 300 g/mol. The van der Waals surface area contributed by atoms with Crippen molar-refractivity contribution in [2.24, 2.45) is 11.7 Å². The van der Waals surface area contributed by atoms with E-state index in [2.05, 4.69) is 5.32 Å². The van der Waals surface area contributed by atoms with E-state index < -0.39 is 5.54 Å². The quantitative estimate of drug-likeness (QED) is 0.887. The van der Waals surface area contributed by atoms with Gasteiger partial charge in [-0.3, -0.25) is 4.79 Å². The molecule has 0 aliphatic heterocycles. The summed E-state index contributed by atoms with van der Waals surface area (Å²) >= 11 is 0. The average Bonchev–Trinajstić information content (AvgIpc) is 2.46. The molecule has 124 valence electrons. The molecule has 3 unspecified atom stereocenters. The van der Waals surface area contributed by atoms with Crippen molar-refractivity contribution in [3.05, 3.63) is 29.8 Å². The minimum atomic E-state index is -0.403. The predicted octanol–water partition coefficient (Wildman–Crippen LogP) is 3.66. The average molecular weight is 327 g/mol. The van der Waals surface area contributed by atoms with Gasteiger partial charge in [0.05, 0.1) is 12.0 Å². The third kappa shape index (κ3) is 4.45. The predicted molar refractivity (Wildman–Crippen MR) is 92.3 cm³/mol. The summed E-state index contributed by atoms with van der Waals surface area (Å²) in [7, 11) is 1.68. The summed E-state index contributed by atoms with van der Waals surface area (Å²) in [5.41, 5.74) is 7.75. The Kier molecular flexibility index (Phi) is 6.85. The molecule has 0 radical (unpaired) electrons. The van der Waals surface area contributed by atoms with Crippen LogP contribution in [0.1, 0.15) is 51.2 Å². The number of amides is 1. The van der Waals surface area contributed by atoms with Gasteiger partial charge in [0.1, 0.15) is 0 Å². The molecule has 2 rings (SSSR count). The summed E-state index contributed by atoms with van der Waals surface area (Å²) in [6.45, 7) is 3.97. The number of carbonyl (C=O) groups is 1. The first-order valence-electron chi connectivity index (χ1n) is 7.66. The van der Waals surface area contributed by atoms with Crippen molar-refractivity contribution in [1.82, 2.24) is 0 Å². The molecule has 0 heterocycles. The second-order valence-electron chi connectivity index (χ2n) is 6.30. The summed E-state index contributed by atoms with van der Waals surface area (Å²) < 4.78 is 5.31. The van der Waals surface area contributed by atoms with Gasteiger partial charge in [0, 0.05) is 18.3 Å². The van der Waals surface area contributed by atoms with E-state index in [0.29, 0.717) is 0 Å². The van der Waals surface area contributed by atoms with Gasteiger partial charge in [-0.1, -0.05) is 25.0 Å². The molecule has 3 N–H and O–H groups in total. The van der Waals surface area contributed by atoms with Gasteiger partial charge in [0.15, 0.2) is 0 Å². The van der Waals surface area contributed by atoms with Crippen LogP contribution in [0.5, 0.6) is 0 Å². The van der Waals surface area contributed by atoms with Crippen LogP contribution in [0.25, 0.3) is 0 Å². The molecule has 1 aliphatic rings. The minimum absolute atomic E-state index is 0. The summed E-state index contributed by atoms with van der Waals surface area (Å²) in [6, 6.07) is 7.80. The van der Waals surface area contributed by atoms with Crippen molar-refractivity contribution in [3.63, 3.8) is 0 Å². The number of hydrogen-bond acceptors (Lipinski definition) is 3. The Hall–Kier alpha value is -1.10. The van der Waals surface area contributed by atoms with Crippen molar-refractivity contribution in [1.29, 1.82) is 0 Å². The first kappa shape index (κ1) is 18.9. The van der Waals surface area contributed by atoms with Gasteiger partial charge < -0.3 is 15.8 Å². The summed E-state index contributed by atoms with van der Waals surface area (Å²) in [5, 5.41) is 3.01. The van der Waals surface area contributed by atoms with Crippen molar-refractivity contribution in [2.45, 2.75) is 51.2 Å². The number of nitrogens with one attached hydrogen (secondary N) is 1. The van der Waals surface area contributed by atoms with Crippen LogP contribution in [0.3, 0.4) is 0 Å². The Morgan fingerprint density at radius 3 is 2.82 bits per heavy atom. The molecule has 0 saturated heterocycles. The highest BCUT2D eigenvalue weighted by Gasteiger charge is 2.37. The number of rotatable bonds is 4. The molecule has 3 atom stereocenters. The first-order valence-corrected chi connectivity index (χ1v) is 7.66. The van der Waals surface area contributed by atoms with E-state index in [-0.39, 0.29) is 30.3 Å². The fraction of sp³-hybridized carbons (Fsp3) is 0.588. The van der Waals surface area contributed by atoms with Crippen molar-refractivity contribution >= 4 is 24.0 Å². The normalized spacial score (nSPS) is 25.9. The monoisotopic (exact) mass is 326 g/mol. The number of anilines is 1. The minimum Gasteiger partial charge on any atom is -0.377 e. The van der Waals surface area contributed by atoms with E-state index in [1.165, 1.54) is 0 Å². The van der Waals surface area contributed by atoms with Gasteiger partial charge >= 0.3 is 0 Å². The molecule has 1 aromatic carbocycles. The summed E-state index contributed by atoms with van der Waals surface area (Å²) in [5.74, 6) is -0.0864. The number of halogens is 1. The zero-order valence-corrected chi connectivity index (χ0v) is 14.4. The molecule has 1 amide bonds. The first-order chi connectivity index (χ1) is 9.94. The number of hydrogen-bond donors (Lipinski definition) is 2. The summed E-state index contributed by atoms with van der Waals surface area (Å²) in [4.78, 5) is 12.5. The molecule has 0 aromatic heterocycles. The topological polar surface area (TPSA) is 64.3 Å². The number of nitrogens with two attached hydrogens (primary N) is 1. The third-order valence-corrected chi connectivity index (χ3v) is 4.55. The lowest BCUT2D eigenvalue weighted by Crippen LogP contribution is -2.51. The van der Waals surface area contributed by atoms with E-state index in [0.717, 1.165) is 36.9 Å². The van der Waals surface area contributed by atoms with E-state index >= 15 is 0 Å². The fourth-order valence-corrected chi connectivity index (χ4v) is 3.02. The third-order valence-electron chi connectivity index (χ3n) is 4.55. The Labute approximate surface area is 139 Å². The van der Waals surface area contributed by atoms with Gasteiger partial charge in [-0.25, -0.2) is 0 Å². The molecule has 1 aromatic rings. The molecule has 1 fully saturated rings. The van der Waals surface area contributed by atoms with Crippen LogP contribution in [0, 0.1) is 5.92 Å². The molecule has 0 spiro atoms. The second-order valence-corrected chi connectivity index (χ2v) is 6.30. The maximum Gasteiger partial charge on any atom is 0.229 e. The van der Waals surface area contributed by atoms with Gasteiger partial charge in [-0.15, -0.1) is 12.4 Å². The number of benzene rings is 1.